The van der Waals surface area contributed by atoms with E-state index in [9.17, 15) is 4.79 Å². The van der Waals surface area contributed by atoms with E-state index in [4.69, 9.17) is 4.74 Å². The van der Waals surface area contributed by atoms with Crippen LogP contribution in [-0.2, 0) is 9.53 Å². The van der Waals surface area contributed by atoms with Crippen LogP contribution in [0.2, 0.25) is 0 Å². The molecule has 4 heteroatoms. The highest BCUT2D eigenvalue weighted by Gasteiger charge is 2.58. The van der Waals surface area contributed by atoms with E-state index in [1.54, 1.807) is 6.20 Å². The quantitative estimate of drug-likeness (QED) is 0.909. The molecule has 1 aromatic rings. The number of aromatic nitrogens is 1. The summed E-state index contributed by atoms with van der Waals surface area (Å²) in [5.74, 6) is 0.750. The predicted molar refractivity (Wildman–Crippen MR) is 87.9 cm³/mol. The number of rotatable bonds is 5. The molecule has 3 fully saturated rings. The Balaban J connectivity index is 1.37. The molecule has 23 heavy (non-hydrogen) atoms. The van der Waals surface area contributed by atoms with E-state index in [1.165, 1.54) is 31.2 Å². The van der Waals surface area contributed by atoms with E-state index in [2.05, 4.69) is 23.3 Å². The van der Waals surface area contributed by atoms with Gasteiger partial charge in [0.1, 0.15) is 0 Å². The minimum Gasteiger partial charge on any atom is -0.378 e. The summed E-state index contributed by atoms with van der Waals surface area (Å²) in [6, 6.07) is 4.36. The van der Waals surface area contributed by atoms with Gasteiger partial charge in [-0.15, -0.1) is 0 Å². The van der Waals surface area contributed by atoms with Crippen molar-refractivity contribution in [1.82, 2.24) is 10.3 Å². The van der Waals surface area contributed by atoms with Gasteiger partial charge in [0, 0.05) is 36.4 Å². The number of nitrogens with one attached hydrogen (secondary N) is 1. The van der Waals surface area contributed by atoms with Crippen LogP contribution in [0.25, 0.3) is 0 Å². The Morgan fingerprint density at radius 1 is 1.39 bits per heavy atom. The third kappa shape index (κ3) is 2.57. The van der Waals surface area contributed by atoms with Gasteiger partial charge in [-0.05, 0) is 50.2 Å². The monoisotopic (exact) mass is 314 g/mol. The van der Waals surface area contributed by atoms with Crippen LogP contribution in [0.3, 0.4) is 0 Å². The summed E-state index contributed by atoms with van der Waals surface area (Å²) in [6.45, 7) is 2.84. The fraction of sp³-hybridized carbons (Fsp3) is 0.684. The largest absolute Gasteiger partial charge is 0.378 e. The second-order valence-electron chi connectivity index (χ2n) is 7.42. The summed E-state index contributed by atoms with van der Waals surface area (Å²) < 4.78 is 5.93. The Bertz CT molecular complexity index is 568. The van der Waals surface area contributed by atoms with Crippen molar-refractivity contribution in [1.29, 1.82) is 0 Å². The highest BCUT2D eigenvalue weighted by Crippen LogP contribution is 2.55. The SMILES string of the molecule is CCOC1CC(NC(=O)C2CC2c2cccnc2)C12CCCC2. The molecule has 4 unspecified atom stereocenters. The highest BCUT2D eigenvalue weighted by molar-refractivity contribution is 5.83. The number of carbonyl (C=O) groups excluding carboxylic acids is 1. The molecular weight excluding hydrogens is 288 g/mol. The van der Waals surface area contributed by atoms with Crippen molar-refractivity contribution in [2.45, 2.75) is 63.5 Å². The van der Waals surface area contributed by atoms with Crippen molar-refractivity contribution < 1.29 is 9.53 Å². The summed E-state index contributed by atoms with van der Waals surface area (Å²) in [7, 11) is 0. The third-order valence-corrected chi connectivity index (χ3v) is 6.24. The van der Waals surface area contributed by atoms with Crippen molar-refractivity contribution >= 4 is 5.91 Å². The average Bonchev–Trinajstić information content (AvgIpc) is 3.21. The maximum absolute atomic E-state index is 12.6. The molecule has 1 aromatic heterocycles. The van der Waals surface area contributed by atoms with E-state index in [-0.39, 0.29) is 17.2 Å². The van der Waals surface area contributed by atoms with Crippen LogP contribution in [0, 0.1) is 11.3 Å². The van der Waals surface area contributed by atoms with Crippen molar-refractivity contribution in [3.05, 3.63) is 30.1 Å². The molecule has 1 spiro atoms. The second-order valence-corrected chi connectivity index (χ2v) is 7.42. The average molecular weight is 314 g/mol. The first-order valence-corrected chi connectivity index (χ1v) is 9.06. The smallest absolute Gasteiger partial charge is 0.223 e. The lowest BCUT2D eigenvalue weighted by Gasteiger charge is -2.54. The van der Waals surface area contributed by atoms with Gasteiger partial charge in [-0.2, -0.15) is 0 Å². The van der Waals surface area contributed by atoms with Gasteiger partial charge in [-0.25, -0.2) is 0 Å². The topological polar surface area (TPSA) is 51.2 Å². The number of amides is 1. The second kappa shape index (κ2) is 5.90. The van der Waals surface area contributed by atoms with Crippen molar-refractivity contribution in [2.75, 3.05) is 6.61 Å². The van der Waals surface area contributed by atoms with Crippen LogP contribution in [0.5, 0.6) is 0 Å². The van der Waals surface area contributed by atoms with E-state index in [0.717, 1.165) is 19.4 Å². The van der Waals surface area contributed by atoms with Crippen molar-refractivity contribution in [3.63, 3.8) is 0 Å². The lowest BCUT2D eigenvalue weighted by atomic mass is 9.60. The Morgan fingerprint density at radius 3 is 2.91 bits per heavy atom. The van der Waals surface area contributed by atoms with Crippen LogP contribution in [0.4, 0.5) is 0 Å². The molecule has 0 bridgehead atoms. The lowest BCUT2D eigenvalue weighted by molar-refractivity contribution is -0.144. The van der Waals surface area contributed by atoms with E-state index in [0.29, 0.717) is 18.1 Å². The van der Waals surface area contributed by atoms with Crippen LogP contribution < -0.4 is 5.32 Å². The number of hydrogen-bond donors (Lipinski definition) is 1. The molecule has 1 N–H and O–H groups in total. The minimum absolute atomic E-state index is 0.142. The van der Waals surface area contributed by atoms with Gasteiger partial charge in [-0.3, -0.25) is 9.78 Å². The van der Waals surface area contributed by atoms with E-state index < -0.39 is 0 Å². The molecule has 0 aromatic carbocycles. The zero-order valence-electron chi connectivity index (χ0n) is 13.8. The zero-order chi connectivity index (χ0) is 15.9. The Kier molecular flexibility index (Phi) is 3.88. The number of hydrogen-bond acceptors (Lipinski definition) is 3. The molecule has 4 atom stereocenters. The molecule has 0 saturated heterocycles. The van der Waals surface area contributed by atoms with Crippen LogP contribution in [-0.4, -0.2) is 29.6 Å². The van der Waals surface area contributed by atoms with E-state index in [1.807, 2.05) is 12.3 Å². The van der Waals surface area contributed by atoms with Crippen LogP contribution >= 0.6 is 0 Å². The first-order chi connectivity index (χ1) is 11.2. The molecule has 3 aliphatic carbocycles. The van der Waals surface area contributed by atoms with Crippen LogP contribution in [0.1, 0.15) is 56.9 Å². The van der Waals surface area contributed by atoms with Gasteiger partial charge < -0.3 is 10.1 Å². The molecule has 4 nitrogen and oxygen atoms in total. The lowest BCUT2D eigenvalue weighted by Crippen LogP contribution is -2.64. The normalized spacial score (nSPS) is 34.1. The summed E-state index contributed by atoms with van der Waals surface area (Å²) in [6.07, 6.45) is 11.0. The predicted octanol–water partition coefficient (Wildman–Crippen LogP) is 3.04. The van der Waals surface area contributed by atoms with Gasteiger partial charge in [0.15, 0.2) is 0 Å². The number of ether oxygens (including phenoxy) is 1. The van der Waals surface area contributed by atoms with Gasteiger partial charge >= 0.3 is 0 Å². The zero-order valence-corrected chi connectivity index (χ0v) is 13.8. The molecular formula is C19H26N2O2. The molecule has 124 valence electrons. The third-order valence-electron chi connectivity index (χ3n) is 6.24. The molecule has 1 amide bonds. The van der Waals surface area contributed by atoms with Gasteiger partial charge in [0.2, 0.25) is 5.91 Å². The van der Waals surface area contributed by atoms with Gasteiger partial charge in [0.25, 0.3) is 0 Å². The first-order valence-electron chi connectivity index (χ1n) is 9.06. The number of pyridine rings is 1. The molecule has 3 aliphatic rings. The van der Waals surface area contributed by atoms with Crippen LogP contribution in [0.15, 0.2) is 24.5 Å². The fourth-order valence-electron chi connectivity index (χ4n) is 4.82. The van der Waals surface area contributed by atoms with Crippen molar-refractivity contribution in [3.8, 4) is 0 Å². The van der Waals surface area contributed by atoms with Gasteiger partial charge in [0.05, 0.1) is 6.10 Å². The Hall–Kier alpha value is -1.42. The molecule has 0 radical (unpaired) electrons. The Labute approximate surface area is 138 Å². The summed E-state index contributed by atoms with van der Waals surface area (Å²) in [4.78, 5) is 16.8. The fourth-order valence-corrected chi connectivity index (χ4v) is 4.82. The summed E-state index contributed by atoms with van der Waals surface area (Å²) in [5.41, 5.74) is 1.42. The number of carbonyl (C=O) groups is 1. The molecule has 0 aliphatic heterocycles. The highest BCUT2D eigenvalue weighted by atomic mass is 16.5. The van der Waals surface area contributed by atoms with E-state index >= 15 is 0 Å². The number of nitrogens with zero attached hydrogens (tertiary/aromatic N) is 1. The minimum atomic E-state index is 0.142. The van der Waals surface area contributed by atoms with Crippen molar-refractivity contribution in [2.24, 2.45) is 11.3 Å². The Morgan fingerprint density at radius 2 is 2.22 bits per heavy atom. The van der Waals surface area contributed by atoms with Gasteiger partial charge in [-0.1, -0.05) is 18.9 Å². The molecule has 1 heterocycles. The summed E-state index contributed by atoms with van der Waals surface area (Å²) in [5, 5.41) is 3.36. The maximum Gasteiger partial charge on any atom is 0.223 e. The standard InChI is InChI=1S/C19H26N2O2/c1-2-23-17-11-16(19(17)7-3-4-8-19)21-18(22)15-10-14(15)13-6-5-9-20-12-13/h5-6,9,12,14-17H,2-4,7-8,10-11H2,1H3,(H,21,22). The summed E-state index contributed by atoms with van der Waals surface area (Å²) >= 11 is 0. The maximum atomic E-state index is 12.6. The molecule has 3 saturated carbocycles. The first kappa shape index (κ1) is 15.1. The molecule has 4 rings (SSSR count).